The van der Waals surface area contributed by atoms with Gasteiger partial charge in [-0.1, -0.05) is 42.0 Å². The zero-order valence-corrected chi connectivity index (χ0v) is 13.1. The third kappa shape index (κ3) is 3.62. The molecular weight excluding hydrogens is 276 g/mol. The summed E-state index contributed by atoms with van der Waals surface area (Å²) >= 11 is 0. The van der Waals surface area contributed by atoms with E-state index in [1.165, 1.54) is 12.7 Å². The average molecular weight is 296 g/mol. The molecule has 0 amide bonds. The maximum absolute atomic E-state index is 12.3. The van der Waals surface area contributed by atoms with Crippen LogP contribution >= 0.6 is 0 Å². The Hall–Kier alpha value is -2.39. The fraction of sp³-hybridized carbons (Fsp3) is 0.211. The first-order valence-corrected chi connectivity index (χ1v) is 7.12. The van der Waals surface area contributed by atoms with Crippen molar-refractivity contribution in [2.45, 2.75) is 20.5 Å². The number of methoxy groups -OCH3 is 1. The lowest BCUT2D eigenvalue weighted by atomic mass is 10.0. The maximum Gasteiger partial charge on any atom is 0.185 e. The molecule has 0 aliphatic heterocycles. The van der Waals surface area contributed by atoms with Crippen molar-refractivity contribution in [3.63, 3.8) is 0 Å². The number of benzene rings is 2. The Kier molecular flexibility index (Phi) is 5.12. The molecule has 22 heavy (non-hydrogen) atoms. The van der Waals surface area contributed by atoms with Crippen LogP contribution in [0.4, 0.5) is 0 Å². The highest BCUT2D eigenvalue weighted by molar-refractivity contribution is 6.07. The van der Waals surface area contributed by atoms with Crippen LogP contribution in [0.1, 0.15) is 32.6 Å². The minimum atomic E-state index is -0.115. The van der Waals surface area contributed by atoms with Crippen LogP contribution in [0, 0.1) is 13.8 Å². The van der Waals surface area contributed by atoms with Gasteiger partial charge in [-0.2, -0.15) is 0 Å². The summed E-state index contributed by atoms with van der Waals surface area (Å²) in [5.74, 6) is 0.427. The van der Waals surface area contributed by atoms with Crippen molar-refractivity contribution in [1.82, 2.24) is 0 Å². The number of ketones is 1. The predicted octanol–water partition coefficient (Wildman–Crippen LogP) is 3.70. The fourth-order valence-corrected chi connectivity index (χ4v) is 2.30. The van der Waals surface area contributed by atoms with Crippen molar-refractivity contribution in [1.29, 1.82) is 0 Å². The molecule has 2 rings (SSSR count). The average Bonchev–Trinajstić information content (AvgIpc) is 2.53. The van der Waals surface area contributed by atoms with Gasteiger partial charge in [0.15, 0.2) is 5.78 Å². The number of carbonyl (C=O) groups is 1. The number of aliphatic hydroxyl groups excluding tert-OH is 1. The summed E-state index contributed by atoms with van der Waals surface area (Å²) in [4.78, 5) is 12.3. The van der Waals surface area contributed by atoms with Gasteiger partial charge in [-0.25, -0.2) is 0 Å². The number of carbonyl (C=O) groups excluding carboxylic acids is 1. The molecule has 0 radical (unpaired) electrons. The maximum atomic E-state index is 12.3. The molecule has 3 nitrogen and oxygen atoms in total. The number of allylic oxidation sites excluding steroid dienone is 1. The van der Waals surface area contributed by atoms with Gasteiger partial charge in [0.2, 0.25) is 0 Å². The molecular formula is C19H20O3. The highest BCUT2D eigenvalue weighted by Gasteiger charge is 2.08. The van der Waals surface area contributed by atoms with Gasteiger partial charge in [0, 0.05) is 11.1 Å². The minimum Gasteiger partial charge on any atom is -0.496 e. The van der Waals surface area contributed by atoms with Gasteiger partial charge in [-0.3, -0.25) is 4.79 Å². The van der Waals surface area contributed by atoms with Crippen molar-refractivity contribution in [3.8, 4) is 5.75 Å². The zero-order valence-electron chi connectivity index (χ0n) is 13.1. The molecule has 0 spiro atoms. The summed E-state index contributed by atoms with van der Waals surface area (Å²) in [7, 11) is 1.52. The smallest absolute Gasteiger partial charge is 0.185 e. The molecule has 0 saturated heterocycles. The van der Waals surface area contributed by atoms with E-state index in [2.05, 4.69) is 6.07 Å². The van der Waals surface area contributed by atoms with Crippen LogP contribution in [0.15, 0.2) is 42.5 Å². The summed E-state index contributed by atoms with van der Waals surface area (Å²) in [6.45, 7) is 3.95. The predicted molar refractivity (Wildman–Crippen MR) is 88.2 cm³/mol. The molecule has 0 aliphatic rings. The Morgan fingerprint density at radius 1 is 1.18 bits per heavy atom. The SMILES string of the molecule is COc1cc(C(=O)/C=C/c2ccc(C)cc2C)ccc1CO. The van der Waals surface area contributed by atoms with Crippen LogP contribution in [0.3, 0.4) is 0 Å². The number of ether oxygens (including phenoxy) is 1. The van der Waals surface area contributed by atoms with Gasteiger partial charge in [0.1, 0.15) is 5.75 Å². The number of aryl methyl sites for hydroxylation is 2. The van der Waals surface area contributed by atoms with Gasteiger partial charge < -0.3 is 9.84 Å². The van der Waals surface area contributed by atoms with Crippen molar-refractivity contribution in [2.24, 2.45) is 0 Å². The zero-order chi connectivity index (χ0) is 16.1. The number of aliphatic hydroxyl groups is 1. The van der Waals surface area contributed by atoms with Crippen LogP contribution in [0.2, 0.25) is 0 Å². The highest BCUT2D eigenvalue weighted by Crippen LogP contribution is 2.21. The molecule has 114 valence electrons. The van der Waals surface area contributed by atoms with Crippen molar-refractivity contribution >= 4 is 11.9 Å². The van der Waals surface area contributed by atoms with E-state index in [1.54, 1.807) is 24.3 Å². The Labute approximate surface area is 130 Å². The standard InChI is InChI=1S/C19H20O3/c1-13-4-5-15(14(2)10-13)8-9-18(21)16-6-7-17(12-20)19(11-16)22-3/h4-11,20H,12H2,1-3H3/b9-8+. The Bertz CT molecular complexity index is 715. The van der Waals surface area contributed by atoms with Gasteiger partial charge in [-0.15, -0.1) is 0 Å². The Morgan fingerprint density at radius 3 is 2.59 bits per heavy atom. The lowest BCUT2D eigenvalue weighted by molar-refractivity contribution is 0.104. The molecule has 0 atom stereocenters. The lowest BCUT2D eigenvalue weighted by Crippen LogP contribution is -1.98. The molecule has 3 heteroatoms. The molecule has 0 bridgehead atoms. The van der Waals surface area contributed by atoms with E-state index < -0.39 is 0 Å². The quantitative estimate of drug-likeness (QED) is 0.676. The second-order valence-electron chi connectivity index (χ2n) is 5.24. The lowest BCUT2D eigenvalue weighted by Gasteiger charge is -2.07. The van der Waals surface area contributed by atoms with Gasteiger partial charge in [-0.05, 0) is 37.1 Å². The molecule has 0 fully saturated rings. The normalized spacial score (nSPS) is 10.9. The molecule has 0 heterocycles. The molecule has 0 aliphatic carbocycles. The van der Waals surface area contributed by atoms with E-state index in [1.807, 2.05) is 32.1 Å². The van der Waals surface area contributed by atoms with E-state index in [4.69, 9.17) is 4.74 Å². The molecule has 0 saturated carbocycles. The van der Waals surface area contributed by atoms with Crippen molar-refractivity contribution < 1.29 is 14.6 Å². The monoisotopic (exact) mass is 296 g/mol. The largest absolute Gasteiger partial charge is 0.496 e. The molecule has 2 aromatic rings. The van der Waals surface area contributed by atoms with Crippen molar-refractivity contribution in [2.75, 3.05) is 7.11 Å². The third-order valence-electron chi connectivity index (χ3n) is 3.58. The third-order valence-corrected chi connectivity index (χ3v) is 3.58. The van der Waals surface area contributed by atoms with Crippen LogP contribution in [-0.2, 0) is 6.61 Å². The number of hydrogen-bond acceptors (Lipinski definition) is 3. The van der Waals surface area contributed by atoms with Crippen LogP contribution in [0.5, 0.6) is 5.75 Å². The fourth-order valence-electron chi connectivity index (χ4n) is 2.30. The summed E-state index contributed by atoms with van der Waals surface area (Å²) in [5, 5.41) is 9.21. The van der Waals surface area contributed by atoms with Gasteiger partial charge >= 0.3 is 0 Å². The second-order valence-corrected chi connectivity index (χ2v) is 5.24. The first-order valence-electron chi connectivity index (χ1n) is 7.12. The second kappa shape index (κ2) is 7.05. The summed E-state index contributed by atoms with van der Waals surface area (Å²) < 4.78 is 5.19. The van der Waals surface area contributed by atoms with Crippen molar-refractivity contribution in [3.05, 3.63) is 70.3 Å². The minimum absolute atomic E-state index is 0.0947. The van der Waals surface area contributed by atoms with Gasteiger partial charge in [0.05, 0.1) is 13.7 Å². The molecule has 1 N–H and O–H groups in total. The van der Waals surface area contributed by atoms with Gasteiger partial charge in [0.25, 0.3) is 0 Å². The number of rotatable bonds is 5. The highest BCUT2D eigenvalue weighted by atomic mass is 16.5. The first kappa shape index (κ1) is 16.0. The van der Waals surface area contributed by atoms with E-state index >= 15 is 0 Å². The summed E-state index contributed by atoms with van der Waals surface area (Å²) in [6.07, 6.45) is 3.38. The molecule has 2 aromatic carbocycles. The summed E-state index contributed by atoms with van der Waals surface area (Å²) in [6, 6.07) is 11.2. The van der Waals surface area contributed by atoms with E-state index in [9.17, 15) is 9.90 Å². The van der Waals surface area contributed by atoms with Crippen LogP contribution in [-0.4, -0.2) is 18.0 Å². The molecule has 0 aromatic heterocycles. The van der Waals surface area contributed by atoms with E-state index in [-0.39, 0.29) is 12.4 Å². The van der Waals surface area contributed by atoms with E-state index in [0.717, 1.165) is 11.1 Å². The summed E-state index contributed by atoms with van der Waals surface area (Å²) in [5.41, 5.74) is 4.56. The van der Waals surface area contributed by atoms with Crippen LogP contribution < -0.4 is 4.74 Å². The van der Waals surface area contributed by atoms with Crippen LogP contribution in [0.25, 0.3) is 6.08 Å². The first-order chi connectivity index (χ1) is 10.5. The Balaban J connectivity index is 2.23. The van der Waals surface area contributed by atoms with E-state index in [0.29, 0.717) is 16.9 Å². The topological polar surface area (TPSA) is 46.5 Å². The number of hydrogen-bond donors (Lipinski definition) is 1. The molecule has 0 unspecified atom stereocenters. The Morgan fingerprint density at radius 2 is 1.95 bits per heavy atom.